The Balaban J connectivity index is 1.39. The van der Waals surface area contributed by atoms with Gasteiger partial charge >= 0.3 is 0 Å². The molecule has 3 heterocycles. The SMILES string of the molecule is Cc1ncnc(N2CCN(C(=O)CC(Cc3ccccc3)c3ccco3)CC2)c1C. The van der Waals surface area contributed by atoms with Crippen LogP contribution in [0, 0.1) is 13.8 Å². The smallest absolute Gasteiger partial charge is 0.223 e. The van der Waals surface area contributed by atoms with Crippen LogP contribution in [0.1, 0.15) is 34.9 Å². The van der Waals surface area contributed by atoms with Crippen LogP contribution < -0.4 is 4.90 Å². The number of carbonyl (C=O) groups excluding carboxylic acids is 1. The van der Waals surface area contributed by atoms with Crippen LogP contribution in [0.5, 0.6) is 0 Å². The summed E-state index contributed by atoms with van der Waals surface area (Å²) in [5.74, 6) is 2.08. The normalized spacial score (nSPS) is 15.3. The predicted molar refractivity (Wildman–Crippen MR) is 117 cm³/mol. The van der Waals surface area contributed by atoms with E-state index in [0.29, 0.717) is 19.5 Å². The maximum absolute atomic E-state index is 13.1. The summed E-state index contributed by atoms with van der Waals surface area (Å²) in [7, 11) is 0. The molecular formula is C24H28N4O2. The third-order valence-electron chi connectivity index (χ3n) is 5.93. The van der Waals surface area contributed by atoms with E-state index in [0.717, 1.165) is 42.3 Å². The van der Waals surface area contributed by atoms with Crippen molar-refractivity contribution in [1.82, 2.24) is 14.9 Å². The van der Waals surface area contributed by atoms with E-state index in [1.54, 1.807) is 12.6 Å². The molecule has 1 aliphatic heterocycles. The second-order valence-corrected chi connectivity index (χ2v) is 7.88. The zero-order valence-electron chi connectivity index (χ0n) is 17.6. The van der Waals surface area contributed by atoms with Gasteiger partial charge in [0.25, 0.3) is 0 Å². The zero-order chi connectivity index (χ0) is 20.9. The van der Waals surface area contributed by atoms with E-state index in [1.165, 1.54) is 5.56 Å². The van der Waals surface area contributed by atoms with Gasteiger partial charge in [-0.1, -0.05) is 30.3 Å². The van der Waals surface area contributed by atoms with E-state index in [2.05, 4.69) is 33.9 Å². The van der Waals surface area contributed by atoms with E-state index in [9.17, 15) is 4.79 Å². The Bertz CT molecular complexity index is 964. The lowest BCUT2D eigenvalue weighted by Crippen LogP contribution is -2.49. The van der Waals surface area contributed by atoms with E-state index in [1.807, 2.05) is 42.2 Å². The molecule has 6 heteroatoms. The molecular weight excluding hydrogens is 376 g/mol. The van der Waals surface area contributed by atoms with Gasteiger partial charge in [-0.05, 0) is 38.0 Å². The van der Waals surface area contributed by atoms with Crippen molar-refractivity contribution >= 4 is 11.7 Å². The van der Waals surface area contributed by atoms with Gasteiger partial charge in [-0.15, -0.1) is 0 Å². The zero-order valence-corrected chi connectivity index (χ0v) is 17.6. The van der Waals surface area contributed by atoms with Gasteiger partial charge in [0.05, 0.1) is 6.26 Å². The Hall–Kier alpha value is -3.15. The Morgan fingerprint density at radius 3 is 2.50 bits per heavy atom. The largest absolute Gasteiger partial charge is 0.469 e. The highest BCUT2D eigenvalue weighted by Crippen LogP contribution is 2.27. The molecule has 0 bridgehead atoms. The van der Waals surface area contributed by atoms with Crippen molar-refractivity contribution in [2.24, 2.45) is 0 Å². The average molecular weight is 405 g/mol. The van der Waals surface area contributed by atoms with Crippen LogP contribution in [0.25, 0.3) is 0 Å². The van der Waals surface area contributed by atoms with Crippen LogP contribution in [0.15, 0.2) is 59.5 Å². The van der Waals surface area contributed by atoms with Crippen LogP contribution in [0.3, 0.4) is 0 Å². The topological polar surface area (TPSA) is 62.5 Å². The van der Waals surface area contributed by atoms with E-state index in [4.69, 9.17) is 4.42 Å². The molecule has 4 rings (SSSR count). The van der Waals surface area contributed by atoms with Gasteiger partial charge in [0.15, 0.2) is 0 Å². The molecule has 2 aromatic heterocycles. The molecule has 1 aromatic carbocycles. The highest BCUT2D eigenvalue weighted by molar-refractivity contribution is 5.77. The number of amides is 1. The van der Waals surface area contributed by atoms with Crippen LogP contribution in [-0.2, 0) is 11.2 Å². The highest BCUT2D eigenvalue weighted by Gasteiger charge is 2.26. The molecule has 1 amide bonds. The predicted octanol–water partition coefficient (Wildman–Crippen LogP) is 3.75. The van der Waals surface area contributed by atoms with Crippen molar-refractivity contribution in [2.45, 2.75) is 32.6 Å². The number of benzene rings is 1. The number of rotatable bonds is 6. The van der Waals surface area contributed by atoms with Gasteiger partial charge < -0.3 is 14.2 Å². The second kappa shape index (κ2) is 9.11. The molecule has 3 aromatic rings. The fraction of sp³-hybridized carbons (Fsp3) is 0.375. The minimum Gasteiger partial charge on any atom is -0.469 e. The lowest BCUT2D eigenvalue weighted by Gasteiger charge is -2.36. The van der Waals surface area contributed by atoms with Crippen molar-refractivity contribution in [1.29, 1.82) is 0 Å². The number of aryl methyl sites for hydroxylation is 1. The molecule has 0 spiro atoms. The summed E-state index contributed by atoms with van der Waals surface area (Å²) in [5, 5.41) is 0. The van der Waals surface area contributed by atoms with Gasteiger partial charge in [0.1, 0.15) is 17.9 Å². The summed E-state index contributed by atoms with van der Waals surface area (Å²) in [5.41, 5.74) is 3.32. The van der Waals surface area contributed by atoms with Crippen LogP contribution >= 0.6 is 0 Å². The fourth-order valence-electron chi connectivity index (χ4n) is 4.05. The number of piperazine rings is 1. The second-order valence-electron chi connectivity index (χ2n) is 7.88. The first kappa shape index (κ1) is 20.1. The van der Waals surface area contributed by atoms with Gasteiger partial charge in [-0.25, -0.2) is 9.97 Å². The molecule has 1 unspecified atom stereocenters. The first-order chi connectivity index (χ1) is 14.6. The highest BCUT2D eigenvalue weighted by atomic mass is 16.3. The molecule has 0 saturated carbocycles. The van der Waals surface area contributed by atoms with E-state index >= 15 is 0 Å². The van der Waals surface area contributed by atoms with Crippen molar-refractivity contribution < 1.29 is 9.21 Å². The number of anilines is 1. The number of furan rings is 1. The van der Waals surface area contributed by atoms with Crippen molar-refractivity contribution in [2.75, 3.05) is 31.1 Å². The number of aromatic nitrogens is 2. The summed E-state index contributed by atoms with van der Waals surface area (Å²) in [6.45, 7) is 7.04. The molecule has 0 radical (unpaired) electrons. The molecule has 156 valence electrons. The van der Waals surface area contributed by atoms with Crippen molar-refractivity contribution in [3.8, 4) is 0 Å². The number of hydrogen-bond donors (Lipinski definition) is 0. The molecule has 1 saturated heterocycles. The number of hydrogen-bond acceptors (Lipinski definition) is 5. The third kappa shape index (κ3) is 4.53. The first-order valence-corrected chi connectivity index (χ1v) is 10.5. The van der Waals surface area contributed by atoms with Gasteiger partial charge in [-0.2, -0.15) is 0 Å². The summed E-state index contributed by atoms with van der Waals surface area (Å²) in [4.78, 5) is 26.0. The molecule has 0 N–H and O–H groups in total. The monoisotopic (exact) mass is 404 g/mol. The maximum Gasteiger partial charge on any atom is 0.223 e. The Morgan fingerprint density at radius 2 is 1.80 bits per heavy atom. The molecule has 0 aliphatic carbocycles. The van der Waals surface area contributed by atoms with Crippen LogP contribution in [0.2, 0.25) is 0 Å². The van der Waals surface area contributed by atoms with E-state index < -0.39 is 0 Å². The van der Waals surface area contributed by atoms with Crippen LogP contribution in [-0.4, -0.2) is 47.0 Å². The Morgan fingerprint density at radius 1 is 1.03 bits per heavy atom. The van der Waals surface area contributed by atoms with Crippen LogP contribution in [0.4, 0.5) is 5.82 Å². The molecule has 30 heavy (non-hydrogen) atoms. The van der Waals surface area contributed by atoms with Gasteiger partial charge in [0.2, 0.25) is 5.91 Å². The quantitative estimate of drug-likeness (QED) is 0.626. The van der Waals surface area contributed by atoms with Crippen molar-refractivity contribution in [3.05, 3.63) is 77.6 Å². The summed E-state index contributed by atoms with van der Waals surface area (Å²) in [6, 6.07) is 14.1. The Labute approximate surface area is 177 Å². The lowest BCUT2D eigenvalue weighted by atomic mass is 9.93. The molecule has 1 aliphatic rings. The van der Waals surface area contributed by atoms with E-state index in [-0.39, 0.29) is 11.8 Å². The van der Waals surface area contributed by atoms with Gasteiger partial charge in [-0.3, -0.25) is 4.79 Å². The molecule has 1 atom stereocenters. The summed E-state index contributed by atoms with van der Waals surface area (Å²) in [6.07, 6.45) is 4.54. The Kier molecular flexibility index (Phi) is 6.12. The minimum atomic E-state index is 0.0414. The molecule has 1 fully saturated rings. The summed E-state index contributed by atoms with van der Waals surface area (Å²) >= 11 is 0. The van der Waals surface area contributed by atoms with Crippen molar-refractivity contribution in [3.63, 3.8) is 0 Å². The minimum absolute atomic E-state index is 0.0414. The summed E-state index contributed by atoms with van der Waals surface area (Å²) < 4.78 is 5.66. The first-order valence-electron chi connectivity index (χ1n) is 10.5. The fourth-order valence-corrected chi connectivity index (χ4v) is 4.05. The van der Waals surface area contributed by atoms with Gasteiger partial charge in [0, 0.05) is 49.8 Å². The lowest BCUT2D eigenvalue weighted by molar-refractivity contribution is -0.132. The standard InChI is InChI=1S/C24H28N4O2/c1-18-19(2)25-17-26-24(18)28-12-10-27(11-13-28)23(29)16-21(22-9-6-14-30-22)15-20-7-4-3-5-8-20/h3-9,14,17,21H,10-13,15-16H2,1-2H3. The number of carbonyl (C=O) groups is 1. The maximum atomic E-state index is 13.1. The molecule has 6 nitrogen and oxygen atoms in total. The average Bonchev–Trinajstić information content (AvgIpc) is 3.31. The third-order valence-corrected chi connectivity index (χ3v) is 5.93. The number of nitrogens with zero attached hydrogens (tertiary/aromatic N) is 4.